The Morgan fingerprint density at radius 3 is 2.56 bits per heavy atom. The molecule has 0 aliphatic rings. The van der Waals surface area contributed by atoms with Crippen LogP contribution in [0.15, 0.2) is 72.9 Å². The Labute approximate surface area is 200 Å². The van der Waals surface area contributed by atoms with E-state index in [1.165, 1.54) is 6.92 Å². The van der Waals surface area contributed by atoms with Gasteiger partial charge in [-0.1, -0.05) is 12.1 Å². The number of fused-ring (bicyclic) bond motifs is 1. The lowest BCUT2D eigenvalue weighted by Crippen LogP contribution is -2.36. The third-order valence-corrected chi connectivity index (χ3v) is 5.73. The minimum Gasteiger partial charge on any atom is -0.439 e. The predicted molar refractivity (Wildman–Crippen MR) is 132 cm³/mol. The summed E-state index contributed by atoms with van der Waals surface area (Å²) in [6, 6.07) is 20.9. The summed E-state index contributed by atoms with van der Waals surface area (Å²) in [7, 11) is 0. The molecule has 1 N–H and O–H groups in total. The molecular formula is C25H22IN3O3. The highest BCUT2D eigenvalue weighted by atomic mass is 127. The number of alkyl halides is 1. The van der Waals surface area contributed by atoms with Crippen molar-refractivity contribution in [2.75, 3.05) is 0 Å². The van der Waals surface area contributed by atoms with Crippen LogP contribution >= 0.6 is 22.6 Å². The first kappa shape index (κ1) is 22.0. The fourth-order valence-electron chi connectivity index (χ4n) is 3.30. The number of nitrogens with zero attached hydrogens (tertiary/aromatic N) is 2. The molecule has 0 aliphatic heterocycles. The molecule has 2 aromatic carbocycles. The number of hydrogen-bond acceptors (Lipinski definition) is 5. The van der Waals surface area contributed by atoms with Gasteiger partial charge in [0.2, 0.25) is 17.7 Å². The monoisotopic (exact) mass is 539 g/mol. The van der Waals surface area contributed by atoms with Gasteiger partial charge in [0.05, 0.1) is 5.52 Å². The maximum Gasteiger partial charge on any atom is 0.219 e. The predicted octanol–water partition coefficient (Wildman–Crippen LogP) is 6.27. The molecule has 4 aromatic rings. The molecule has 4 rings (SSSR count). The molecule has 1 unspecified atom stereocenters. The van der Waals surface area contributed by atoms with Crippen molar-refractivity contribution in [1.29, 1.82) is 0 Å². The molecule has 6 nitrogen and oxygen atoms in total. The van der Waals surface area contributed by atoms with Gasteiger partial charge in [-0.2, -0.15) is 0 Å². The van der Waals surface area contributed by atoms with Gasteiger partial charge in [-0.05, 0) is 90.0 Å². The molecule has 0 radical (unpaired) electrons. The van der Waals surface area contributed by atoms with Gasteiger partial charge in [0.1, 0.15) is 15.0 Å². The van der Waals surface area contributed by atoms with Crippen LogP contribution < -0.4 is 14.8 Å². The Morgan fingerprint density at radius 2 is 1.84 bits per heavy atom. The summed E-state index contributed by atoms with van der Waals surface area (Å²) in [5.41, 5.74) is 2.73. The van der Waals surface area contributed by atoms with Crippen molar-refractivity contribution in [3.63, 3.8) is 0 Å². The number of aromatic nitrogens is 2. The van der Waals surface area contributed by atoms with Gasteiger partial charge in [-0.3, -0.25) is 4.79 Å². The first-order valence-electron chi connectivity index (χ1n) is 10.1. The van der Waals surface area contributed by atoms with Crippen molar-refractivity contribution in [3.8, 4) is 23.3 Å². The summed E-state index contributed by atoms with van der Waals surface area (Å²) >= 11 is 2.23. The van der Waals surface area contributed by atoms with E-state index in [1.54, 1.807) is 12.3 Å². The van der Waals surface area contributed by atoms with Gasteiger partial charge in [0.25, 0.3) is 0 Å². The Bertz CT molecular complexity index is 1280. The van der Waals surface area contributed by atoms with E-state index < -0.39 is 3.55 Å². The second kappa shape index (κ2) is 9.12. The molecule has 1 amide bonds. The fourth-order valence-corrected chi connectivity index (χ4v) is 4.01. The average molecular weight is 539 g/mol. The Hall–Kier alpha value is -3.20. The number of hydrogen-bond donors (Lipinski definition) is 1. The third kappa shape index (κ3) is 5.16. The summed E-state index contributed by atoms with van der Waals surface area (Å²) in [5.74, 6) is 2.36. The minimum absolute atomic E-state index is 0.0734. The molecule has 2 aromatic heterocycles. The van der Waals surface area contributed by atoms with Crippen LogP contribution in [0.4, 0.5) is 0 Å². The molecule has 0 aliphatic carbocycles. The zero-order valence-corrected chi connectivity index (χ0v) is 20.1. The molecule has 1 atom stereocenters. The summed E-state index contributed by atoms with van der Waals surface area (Å²) < 4.78 is 11.3. The summed E-state index contributed by atoms with van der Waals surface area (Å²) in [6.45, 7) is 5.44. The van der Waals surface area contributed by atoms with Crippen LogP contribution in [-0.2, 0) is 8.34 Å². The molecule has 0 bridgehead atoms. The van der Waals surface area contributed by atoms with Crippen molar-refractivity contribution in [3.05, 3.63) is 84.1 Å². The van der Waals surface area contributed by atoms with E-state index in [0.29, 0.717) is 23.3 Å². The van der Waals surface area contributed by atoms with E-state index in [1.807, 2.05) is 74.5 Å². The highest BCUT2D eigenvalue weighted by molar-refractivity contribution is 14.1. The second-order valence-corrected chi connectivity index (χ2v) is 9.70. The number of amides is 1. The topological polar surface area (TPSA) is 73.3 Å². The number of rotatable bonds is 6. The molecular weight excluding hydrogens is 517 g/mol. The number of carbonyl (C=O) groups excluding carboxylic acids is 1. The number of halogens is 1. The lowest BCUT2D eigenvalue weighted by molar-refractivity contribution is -0.119. The molecule has 162 valence electrons. The highest BCUT2D eigenvalue weighted by Crippen LogP contribution is 2.33. The van der Waals surface area contributed by atoms with Gasteiger partial charge < -0.3 is 14.8 Å². The van der Waals surface area contributed by atoms with E-state index in [-0.39, 0.29) is 5.91 Å². The quantitative estimate of drug-likeness (QED) is 0.178. The standard InChI is InChI=1S/C25H22IN3O3/c1-16-14-20(31-23-6-4-5-13-27-23)9-11-22(16)32-24-12-7-18-15-19(8-10-21(18)28-24)25(3,26)29-17(2)30/h4-15H,1-3H3,(H,29,30). The molecule has 0 spiro atoms. The van der Waals surface area contributed by atoms with E-state index in [9.17, 15) is 4.79 Å². The second-order valence-electron chi connectivity index (χ2n) is 7.54. The van der Waals surface area contributed by atoms with Crippen molar-refractivity contribution >= 4 is 39.4 Å². The van der Waals surface area contributed by atoms with Crippen LogP contribution in [0.25, 0.3) is 10.9 Å². The number of aryl methyl sites for hydroxylation is 1. The van der Waals surface area contributed by atoms with Gasteiger partial charge >= 0.3 is 0 Å². The van der Waals surface area contributed by atoms with Crippen LogP contribution in [0.3, 0.4) is 0 Å². The molecule has 2 heterocycles. The number of ether oxygens (including phenoxy) is 2. The molecule has 0 saturated carbocycles. The van der Waals surface area contributed by atoms with E-state index >= 15 is 0 Å². The Kier molecular flexibility index (Phi) is 6.27. The zero-order chi connectivity index (χ0) is 22.7. The van der Waals surface area contributed by atoms with Crippen LogP contribution in [0.5, 0.6) is 23.3 Å². The first-order valence-corrected chi connectivity index (χ1v) is 11.1. The Balaban J connectivity index is 1.53. The lowest BCUT2D eigenvalue weighted by atomic mass is 10.1. The van der Waals surface area contributed by atoms with Crippen LogP contribution in [-0.4, -0.2) is 15.9 Å². The van der Waals surface area contributed by atoms with Crippen molar-refractivity contribution in [1.82, 2.24) is 15.3 Å². The molecule has 0 saturated heterocycles. The van der Waals surface area contributed by atoms with Crippen LogP contribution in [0, 0.1) is 6.92 Å². The van der Waals surface area contributed by atoms with Crippen LogP contribution in [0.1, 0.15) is 25.0 Å². The first-order chi connectivity index (χ1) is 15.3. The van der Waals surface area contributed by atoms with Crippen molar-refractivity contribution in [2.24, 2.45) is 0 Å². The lowest BCUT2D eigenvalue weighted by Gasteiger charge is -2.24. The number of pyridine rings is 2. The molecule has 32 heavy (non-hydrogen) atoms. The fraction of sp³-hybridized carbons (Fsp3) is 0.160. The van der Waals surface area contributed by atoms with E-state index in [4.69, 9.17) is 9.47 Å². The minimum atomic E-state index is -0.497. The van der Waals surface area contributed by atoms with E-state index in [0.717, 1.165) is 22.0 Å². The molecule has 7 heteroatoms. The summed E-state index contributed by atoms with van der Waals surface area (Å²) in [6.07, 6.45) is 1.69. The largest absolute Gasteiger partial charge is 0.439 e. The number of carbonyl (C=O) groups is 1. The van der Waals surface area contributed by atoms with Gasteiger partial charge in [-0.15, -0.1) is 0 Å². The normalized spacial score (nSPS) is 12.8. The number of nitrogens with one attached hydrogen (secondary N) is 1. The van der Waals surface area contributed by atoms with E-state index in [2.05, 4.69) is 37.9 Å². The van der Waals surface area contributed by atoms with Crippen molar-refractivity contribution in [2.45, 2.75) is 24.3 Å². The molecule has 0 fully saturated rings. The van der Waals surface area contributed by atoms with Gasteiger partial charge in [-0.25, -0.2) is 9.97 Å². The summed E-state index contributed by atoms with van der Waals surface area (Å²) in [5, 5.41) is 3.93. The SMILES string of the molecule is CC(=O)NC(C)(I)c1ccc2nc(Oc3ccc(Oc4ccccn4)cc3C)ccc2c1. The number of benzene rings is 2. The third-order valence-electron chi connectivity index (χ3n) is 4.84. The zero-order valence-electron chi connectivity index (χ0n) is 17.9. The maximum atomic E-state index is 11.5. The van der Waals surface area contributed by atoms with Gasteiger partial charge in [0, 0.05) is 30.6 Å². The van der Waals surface area contributed by atoms with Crippen molar-refractivity contribution < 1.29 is 14.3 Å². The smallest absolute Gasteiger partial charge is 0.219 e. The van der Waals surface area contributed by atoms with Crippen LogP contribution in [0.2, 0.25) is 0 Å². The average Bonchev–Trinajstić information content (AvgIpc) is 2.75. The highest BCUT2D eigenvalue weighted by Gasteiger charge is 2.23. The Morgan fingerprint density at radius 1 is 1.00 bits per heavy atom. The summed E-state index contributed by atoms with van der Waals surface area (Å²) in [4.78, 5) is 20.3. The van der Waals surface area contributed by atoms with Gasteiger partial charge in [0.15, 0.2) is 0 Å². The maximum absolute atomic E-state index is 11.5.